The van der Waals surface area contributed by atoms with Gasteiger partial charge in [0.1, 0.15) is 11.5 Å². The lowest BCUT2D eigenvalue weighted by Gasteiger charge is -2.25. The average molecular weight is 573 g/mol. The van der Waals surface area contributed by atoms with Crippen LogP contribution < -0.4 is 0 Å². The Morgan fingerprint density at radius 1 is 0.821 bits per heavy atom. The van der Waals surface area contributed by atoms with Gasteiger partial charge in [-0.3, -0.25) is 9.98 Å². The van der Waals surface area contributed by atoms with Crippen molar-refractivity contribution in [2.75, 3.05) is 0 Å². The van der Waals surface area contributed by atoms with Crippen LogP contribution in [0.4, 0.5) is 0 Å². The summed E-state index contributed by atoms with van der Waals surface area (Å²) in [4.78, 5) is 9.48. The fourth-order valence-corrected chi connectivity index (χ4v) is 5.18. The highest BCUT2D eigenvalue weighted by Crippen LogP contribution is 2.32. The van der Waals surface area contributed by atoms with Gasteiger partial charge >= 0.3 is 0 Å². The van der Waals surface area contributed by atoms with Gasteiger partial charge in [-0.25, -0.2) is 0 Å². The van der Waals surface area contributed by atoms with Crippen LogP contribution in [-0.4, -0.2) is 34.7 Å². The third kappa shape index (κ3) is 5.24. The second-order valence-corrected chi connectivity index (χ2v) is 9.61. The van der Waals surface area contributed by atoms with E-state index in [4.69, 9.17) is 9.98 Å². The summed E-state index contributed by atoms with van der Waals surface area (Å²) in [5.74, 6) is 0.381. The average Bonchev–Trinajstić information content (AvgIpc) is 2.65. The van der Waals surface area contributed by atoms with Crippen molar-refractivity contribution in [1.29, 1.82) is 0 Å². The molecule has 28 heavy (non-hydrogen) atoms. The molecule has 1 aliphatic rings. The van der Waals surface area contributed by atoms with Crippen molar-refractivity contribution < 1.29 is 10.2 Å². The van der Waals surface area contributed by atoms with Crippen molar-refractivity contribution in [3.8, 4) is 11.5 Å². The molecule has 1 aliphatic carbocycles. The number of rotatable bonds is 4. The molecule has 0 radical (unpaired) electrons. The third-order valence-electron chi connectivity index (χ3n) is 4.80. The topological polar surface area (TPSA) is 65.2 Å². The molecule has 0 aromatic heterocycles. The number of aromatic hydroxyl groups is 2. The van der Waals surface area contributed by atoms with E-state index >= 15 is 0 Å². The number of phenolic OH excluding ortho intramolecular Hbond substituents is 2. The minimum atomic E-state index is 0.0533. The standard InChI is InChI=1S/C21H21Br3N2O2/c1-12-6-13(20(27)16(23)7-12)10-25-18-4-2-3-5-19(18)26-11-14-8-15(22)9-17(24)21(14)28/h6-11,18-19,27-28H,2-5H2,1H3. The highest BCUT2D eigenvalue weighted by Gasteiger charge is 2.23. The van der Waals surface area contributed by atoms with Crippen LogP contribution in [0.2, 0.25) is 0 Å². The summed E-state index contributed by atoms with van der Waals surface area (Å²) >= 11 is 10.2. The van der Waals surface area contributed by atoms with Gasteiger partial charge in [0.05, 0.1) is 21.0 Å². The van der Waals surface area contributed by atoms with Gasteiger partial charge in [0.15, 0.2) is 0 Å². The predicted molar refractivity (Wildman–Crippen MR) is 125 cm³/mol. The first-order valence-corrected chi connectivity index (χ1v) is 11.5. The fourth-order valence-electron chi connectivity index (χ4n) is 3.34. The minimum Gasteiger partial charge on any atom is -0.506 e. The molecule has 2 N–H and O–H groups in total. The Kier molecular flexibility index (Phi) is 7.34. The number of phenols is 2. The van der Waals surface area contributed by atoms with Gasteiger partial charge in [0, 0.05) is 28.0 Å². The summed E-state index contributed by atoms with van der Waals surface area (Å²) in [5.41, 5.74) is 2.42. The Balaban J connectivity index is 1.82. The molecule has 0 heterocycles. The van der Waals surface area contributed by atoms with E-state index < -0.39 is 0 Å². The van der Waals surface area contributed by atoms with Crippen LogP contribution in [0, 0.1) is 6.92 Å². The number of hydrogen-bond acceptors (Lipinski definition) is 4. The summed E-state index contributed by atoms with van der Waals surface area (Å²) in [5, 5.41) is 20.5. The molecule has 0 amide bonds. The fraction of sp³-hybridized carbons (Fsp3) is 0.333. The van der Waals surface area contributed by atoms with Gasteiger partial charge in [-0.2, -0.15) is 0 Å². The van der Waals surface area contributed by atoms with E-state index in [0.29, 0.717) is 20.1 Å². The molecule has 2 unspecified atom stereocenters. The van der Waals surface area contributed by atoms with E-state index in [1.54, 1.807) is 18.5 Å². The molecule has 1 fully saturated rings. The monoisotopic (exact) mass is 570 g/mol. The van der Waals surface area contributed by atoms with Crippen molar-refractivity contribution >= 4 is 60.2 Å². The maximum Gasteiger partial charge on any atom is 0.138 e. The zero-order valence-electron chi connectivity index (χ0n) is 15.4. The lowest BCUT2D eigenvalue weighted by molar-refractivity contribution is 0.390. The lowest BCUT2D eigenvalue weighted by atomic mass is 9.91. The van der Waals surface area contributed by atoms with Crippen LogP contribution in [0.15, 0.2) is 47.7 Å². The Labute approximate surface area is 190 Å². The summed E-state index contributed by atoms with van der Waals surface area (Å²) in [6, 6.07) is 7.55. The van der Waals surface area contributed by atoms with Crippen molar-refractivity contribution in [3.63, 3.8) is 0 Å². The number of benzene rings is 2. The predicted octanol–water partition coefficient (Wildman–Crippen LogP) is 6.54. The van der Waals surface area contributed by atoms with E-state index in [1.807, 2.05) is 25.1 Å². The molecule has 148 valence electrons. The Morgan fingerprint density at radius 2 is 1.32 bits per heavy atom. The molecule has 3 rings (SSSR count). The van der Waals surface area contributed by atoms with Crippen LogP contribution in [0.3, 0.4) is 0 Å². The molecule has 0 aliphatic heterocycles. The van der Waals surface area contributed by atoms with Crippen LogP contribution >= 0.6 is 47.8 Å². The van der Waals surface area contributed by atoms with Gasteiger partial charge in [-0.15, -0.1) is 0 Å². The van der Waals surface area contributed by atoms with Crippen molar-refractivity contribution in [3.05, 3.63) is 54.4 Å². The highest BCUT2D eigenvalue weighted by molar-refractivity contribution is 9.11. The van der Waals surface area contributed by atoms with E-state index in [-0.39, 0.29) is 23.6 Å². The van der Waals surface area contributed by atoms with Crippen molar-refractivity contribution in [1.82, 2.24) is 0 Å². The summed E-state index contributed by atoms with van der Waals surface area (Å²) < 4.78 is 2.17. The molecule has 0 bridgehead atoms. The van der Waals surface area contributed by atoms with Gasteiger partial charge < -0.3 is 10.2 Å². The number of halogens is 3. The van der Waals surface area contributed by atoms with Gasteiger partial charge in [-0.1, -0.05) is 28.8 Å². The summed E-state index contributed by atoms with van der Waals surface area (Å²) in [6.07, 6.45) is 7.62. The van der Waals surface area contributed by atoms with Gasteiger partial charge in [0.2, 0.25) is 0 Å². The molecule has 1 saturated carbocycles. The normalized spacial score (nSPS) is 20.3. The first-order valence-electron chi connectivity index (χ1n) is 9.08. The minimum absolute atomic E-state index is 0.0533. The first kappa shape index (κ1) is 21.5. The molecular weight excluding hydrogens is 552 g/mol. The molecule has 4 nitrogen and oxygen atoms in total. The van der Waals surface area contributed by atoms with Crippen LogP contribution in [0.25, 0.3) is 0 Å². The van der Waals surface area contributed by atoms with E-state index in [0.717, 1.165) is 35.7 Å². The van der Waals surface area contributed by atoms with Crippen molar-refractivity contribution in [2.24, 2.45) is 9.98 Å². The molecule has 0 spiro atoms. The maximum absolute atomic E-state index is 10.2. The van der Waals surface area contributed by atoms with E-state index in [2.05, 4.69) is 47.8 Å². The molecule has 2 aromatic carbocycles. The molecule has 2 atom stereocenters. The van der Waals surface area contributed by atoms with Crippen LogP contribution in [0.5, 0.6) is 11.5 Å². The first-order chi connectivity index (χ1) is 13.3. The van der Waals surface area contributed by atoms with Gasteiger partial charge in [-0.05, 0) is 81.5 Å². The Hall–Kier alpha value is -1.18. The van der Waals surface area contributed by atoms with Crippen LogP contribution in [-0.2, 0) is 0 Å². The van der Waals surface area contributed by atoms with Gasteiger partial charge in [0.25, 0.3) is 0 Å². The van der Waals surface area contributed by atoms with E-state index in [1.165, 1.54) is 0 Å². The molecule has 7 heteroatoms. The lowest BCUT2D eigenvalue weighted by Crippen LogP contribution is -2.27. The zero-order valence-corrected chi connectivity index (χ0v) is 20.1. The zero-order chi connectivity index (χ0) is 20.3. The SMILES string of the molecule is Cc1cc(Br)c(O)c(C=NC2CCCCC2N=Cc2cc(Br)cc(Br)c2O)c1. The number of nitrogens with zero attached hydrogens (tertiary/aromatic N) is 2. The smallest absolute Gasteiger partial charge is 0.138 e. The number of aryl methyl sites for hydroxylation is 1. The number of hydrogen-bond donors (Lipinski definition) is 2. The highest BCUT2D eigenvalue weighted by atomic mass is 79.9. The Morgan fingerprint density at radius 3 is 1.89 bits per heavy atom. The van der Waals surface area contributed by atoms with Crippen LogP contribution in [0.1, 0.15) is 42.4 Å². The molecule has 0 saturated heterocycles. The van der Waals surface area contributed by atoms with Crippen molar-refractivity contribution in [2.45, 2.75) is 44.7 Å². The summed E-state index contributed by atoms with van der Waals surface area (Å²) in [6.45, 7) is 1.98. The quantitative estimate of drug-likeness (QED) is 0.408. The third-order valence-corrected chi connectivity index (χ3v) is 6.47. The number of aliphatic imine (C=N–C) groups is 2. The largest absolute Gasteiger partial charge is 0.506 e. The molecule has 2 aromatic rings. The maximum atomic E-state index is 10.2. The second-order valence-electron chi connectivity index (χ2n) is 6.99. The molecular formula is C21H21Br3N2O2. The Bertz CT molecular complexity index is 853. The summed E-state index contributed by atoms with van der Waals surface area (Å²) in [7, 11) is 0. The van der Waals surface area contributed by atoms with E-state index in [9.17, 15) is 10.2 Å². The second kappa shape index (κ2) is 9.55.